The number of benzene rings is 1. The van der Waals surface area contributed by atoms with Gasteiger partial charge in [-0.3, -0.25) is 4.99 Å². The smallest absolute Gasteiger partial charge is 0.191 e. The van der Waals surface area contributed by atoms with Crippen molar-refractivity contribution in [2.75, 3.05) is 25.9 Å². The zero-order valence-electron chi connectivity index (χ0n) is 14.3. The minimum atomic E-state index is 0. The zero-order valence-corrected chi connectivity index (χ0v) is 17.4. The van der Waals surface area contributed by atoms with Crippen molar-refractivity contribution in [2.24, 2.45) is 4.99 Å². The Bertz CT molecular complexity index is 679. The summed E-state index contributed by atoms with van der Waals surface area (Å²) in [7, 11) is 1.83. The molecule has 3 rings (SSSR count). The van der Waals surface area contributed by atoms with Gasteiger partial charge in [0.25, 0.3) is 0 Å². The minimum Gasteiger partial charge on any atom is -0.355 e. The standard InChI is InChI=1S/C17H25N5S.HI/c1-13-21-15-7-3-4-8-16(15)22(13)10-9-19-17(18-2)20-12-14-6-5-11-23-14;/h3-4,7-8,14H,5-6,9-12H2,1-2H3,(H2,18,19,20);1H. The summed E-state index contributed by atoms with van der Waals surface area (Å²) in [6.07, 6.45) is 2.66. The van der Waals surface area contributed by atoms with E-state index in [2.05, 4.69) is 62.1 Å². The lowest BCUT2D eigenvalue weighted by Gasteiger charge is -2.15. The number of halogens is 1. The van der Waals surface area contributed by atoms with Gasteiger partial charge >= 0.3 is 0 Å². The van der Waals surface area contributed by atoms with Crippen LogP contribution in [0.5, 0.6) is 0 Å². The molecule has 1 fully saturated rings. The third-order valence-corrected chi connectivity index (χ3v) is 5.62. The lowest BCUT2D eigenvalue weighted by molar-refractivity contribution is 0.655. The summed E-state index contributed by atoms with van der Waals surface area (Å²) in [6, 6.07) is 8.28. The van der Waals surface area contributed by atoms with Crippen molar-refractivity contribution in [3.05, 3.63) is 30.1 Å². The molecule has 1 aromatic heterocycles. The fourth-order valence-electron chi connectivity index (χ4n) is 3.00. The maximum absolute atomic E-state index is 4.61. The monoisotopic (exact) mass is 459 g/mol. The Morgan fingerprint density at radius 3 is 2.96 bits per heavy atom. The third kappa shape index (κ3) is 4.78. The average molecular weight is 459 g/mol. The van der Waals surface area contributed by atoms with Crippen LogP contribution in [0.2, 0.25) is 0 Å². The van der Waals surface area contributed by atoms with E-state index in [0.717, 1.165) is 42.2 Å². The van der Waals surface area contributed by atoms with E-state index in [1.54, 1.807) is 0 Å². The van der Waals surface area contributed by atoms with E-state index in [-0.39, 0.29) is 24.0 Å². The fraction of sp³-hybridized carbons (Fsp3) is 0.529. The molecular formula is C17H26IN5S. The number of aromatic nitrogens is 2. The first-order valence-electron chi connectivity index (χ1n) is 8.26. The maximum Gasteiger partial charge on any atom is 0.191 e. The second-order valence-corrected chi connectivity index (χ2v) is 7.22. The number of hydrogen-bond acceptors (Lipinski definition) is 3. The number of thioether (sulfide) groups is 1. The molecule has 0 radical (unpaired) electrons. The summed E-state index contributed by atoms with van der Waals surface area (Å²) >= 11 is 2.06. The van der Waals surface area contributed by atoms with E-state index >= 15 is 0 Å². The van der Waals surface area contributed by atoms with Crippen LogP contribution in [0.1, 0.15) is 18.7 Å². The molecule has 24 heavy (non-hydrogen) atoms. The van der Waals surface area contributed by atoms with Crippen molar-refractivity contribution in [1.29, 1.82) is 0 Å². The first-order chi connectivity index (χ1) is 11.3. The summed E-state index contributed by atoms with van der Waals surface area (Å²) in [5, 5.41) is 7.57. The number of aryl methyl sites for hydroxylation is 1. The van der Waals surface area contributed by atoms with Crippen LogP contribution in [0, 0.1) is 6.92 Å². The molecule has 2 aromatic rings. The number of aliphatic imine (C=N–C) groups is 1. The van der Waals surface area contributed by atoms with Gasteiger partial charge in [-0.05, 0) is 37.7 Å². The van der Waals surface area contributed by atoms with Gasteiger partial charge in [0.15, 0.2) is 5.96 Å². The van der Waals surface area contributed by atoms with Gasteiger partial charge in [-0.1, -0.05) is 12.1 Å². The van der Waals surface area contributed by atoms with Gasteiger partial charge < -0.3 is 15.2 Å². The molecule has 0 bridgehead atoms. The Labute approximate surface area is 165 Å². The molecule has 1 unspecified atom stereocenters. The lowest BCUT2D eigenvalue weighted by Crippen LogP contribution is -2.41. The Hall–Kier alpha value is -0.960. The van der Waals surface area contributed by atoms with Gasteiger partial charge in [-0.15, -0.1) is 24.0 Å². The van der Waals surface area contributed by atoms with Gasteiger partial charge in [-0.25, -0.2) is 4.98 Å². The van der Waals surface area contributed by atoms with Crippen LogP contribution in [0.4, 0.5) is 0 Å². The molecule has 7 heteroatoms. The summed E-state index contributed by atoms with van der Waals surface area (Å²) in [5.74, 6) is 3.24. The maximum atomic E-state index is 4.61. The quantitative estimate of drug-likeness (QED) is 0.410. The van der Waals surface area contributed by atoms with Gasteiger partial charge in [0.1, 0.15) is 5.82 Å². The highest BCUT2D eigenvalue weighted by Gasteiger charge is 2.15. The number of nitrogens with one attached hydrogen (secondary N) is 2. The van der Waals surface area contributed by atoms with Crippen LogP contribution in [0.25, 0.3) is 11.0 Å². The average Bonchev–Trinajstić information content (AvgIpc) is 3.18. The number of imidazole rings is 1. The predicted octanol–water partition coefficient (Wildman–Crippen LogP) is 3.02. The van der Waals surface area contributed by atoms with Crippen molar-refractivity contribution in [1.82, 2.24) is 20.2 Å². The van der Waals surface area contributed by atoms with Gasteiger partial charge in [0, 0.05) is 31.9 Å². The van der Waals surface area contributed by atoms with Crippen LogP contribution in [0.15, 0.2) is 29.3 Å². The molecule has 1 saturated heterocycles. The summed E-state index contributed by atoms with van der Waals surface area (Å²) in [6.45, 7) is 4.77. The van der Waals surface area contributed by atoms with Crippen molar-refractivity contribution < 1.29 is 0 Å². The third-order valence-electron chi connectivity index (χ3n) is 4.22. The van der Waals surface area contributed by atoms with E-state index in [0.29, 0.717) is 0 Å². The van der Waals surface area contributed by atoms with Gasteiger partial charge in [0.2, 0.25) is 0 Å². The molecule has 0 spiro atoms. The van der Waals surface area contributed by atoms with Crippen molar-refractivity contribution >= 4 is 52.7 Å². The minimum absolute atomic E-state index is 0. The molecule has 1 atom stereocenters. The Balaban J connectivity index is 0.00000208. The SMILES string of the molecule is CN=C(NCCn1c(C)nc2ccccc21)NCC1CCCS1.I. The molecule has 1 aliphatic heterocycles. The largest absolute Gasteiger partial charge is 0.355 e. The summed E-state index contributed by atoms with van der Waals surface area (Å²) in [5.41, 5.74) is 2.25. The zero-order chi connectivity index (χ0) is 16.1. The molecular weight excluding hydrogens is 433 g/mol. The molecule has 1 aliphatic rings. The van der Waals surface area contributed by atoms with Gasteiger partial charge in [-0.2, -0.15) is 11.8 Å². The van der Waals surface area contributed by atoms with Crippen molar-refractivity contribution in [3.63, 3.8) is 0 Å². The molecule has 2 heterocycles. The van der Waals surface area contributed by atoms with E-state index < -0.39 is 0 Å². The van der Waals surface area contributed by atoms with E-state index in [4.69, 9.17) is 0 Å². The molecule has 5 nitrogen and oxygen atoms in total. The van der Waals surface area contributed by atoms with Crippen LogP contribution in [0.3, 0.4) is 0 Å². The van der Waals surface area contributed by atoms with Crippen molar-refractivity contribution in [3.8, 4) is 0 Å². The highest BCUT2D eigenvalue weighted by molar-refractivity contribution is 14.0. The molecule has 2 N–H and O–H groups in total. The Kier molecular flexibility index (Phi) is 7.67. The number of guanidine groups is 1. The van der Waals surface area contributed by atoms with E-state index in [1.165, 1.54) is 24.1 Å². The Morgan fingerprint density at radius 2 is 2.21 bits per heavy atom. The number of para-hydroxylation sites is 2. The molecule has 0 amide bonds. The predicted molar refractivity (Wildman–Crippen MR) is 115 cm³/mol. The topological polar surface area (TPSA) is 54.2 Å². The highest BCUT2D eigenvalue weighted by atomic mass is 127. The van der Waals surface area contributed by atoms with Crippen LogP contribution in [-0.4, -0.2) is 46.7 Å². The second kappa shape index (κ2) is 9.50. The lowest BCUT2D eigenvalue weighted by atomic mass is 10.2. The van der Waals surface area contributed by atoms with Crippen LogP contribution >= 0.6 is 35.7 Å². The molecule has 0 saturated carbocycles. The van der Waals surface area contributed by atoms with Crippen molar-refractivity contribution in [2.45, 2.75) is 31.6 Å². The Morgan fingerprint density at radius 1 is 1.38 bits per heavy atom. The second-order valence-electron chi connectivity index (χ2n) is 5.81. The van der Waals surface area contributed by atoms with Crippen LogP contribution in [-0.2, 0) is 6.54 Å². The number of fused-ring (bicyclic) bond motifs is 1. The summed E-state index contributed by atoms with van der Waals surface area (Å²) < 4.78 is 2.25. The first-order valence-corrected chi connectivity index (χ1v) is 9.31. The number of rotatable bonds is 5. The number of hydrogen-bond donors (Lipinski definition) is 2. The van der Waals surface area contributed by atoms with E-state index in [1.807, 2.05) is 13.1 Å². The number of nitrogens with zero attached hydrogens (tertiary/aromatic N) is 3. The normalized spacial score (nSPS) is 17.8. The molecule has 132 valence electrons. The fourth-order valence-corrected chi connectivity index (χ4v) is 4.20. The summed E-state index contributed by atoms with van der Waals surface area (Å²) in [4.78, 5) is 8.92. The van der Waals surface area contributed by atoms with Crippen LogP contribution < -0.4 is 10.6 Å². The molecule has 0 aliphatic carbocycles. The van der Waals surface area contributed by atoms with Gasteiger partial charge in [0.05, 0.1) is 11.0 Å². The molecule has 1 aromatic carbocycles. The first kappa shape index (κ1) is 19.4. The van der Waals surface area contributed by atoms with E-state index in [9.17, 15) is 0 Å². The highest BCUT2D eigenvalue weighted by Crippen LogP contribution is 2.25.